The lowest BCUT2D eigenvalue weighted by Gasteiger charge is -2.04. The van der Waals surface area contributed by atoms with E-state index in [-0.39, 0.29) is 0 Å². The summed E-state index contributed by atoms with van der Waals surface area (Å²) < 4.78 is 4.94. The number of hydrogen-bond donors (Lipinski definition) is 1. The quantitative estimate of drug-likeness (QED) is 0.102. The van der Waals surface area contributed by atoms with Gasteiger partial charge < -0.3 is 9.84 Å². The van der Waals surface area contributed by atoms with E-state index in [1.165, 1.54) is 116 Å². The van der Waals surface area contributed by atoms with Crippen molar-refractivity contribution in [2.45, 2.75) is 135 Å². The van der Waals surface area contributed by atoms with Crippen LogP contribution in [-0.2, 0) is 14.3 Å². The number of unbranched alkanes of at least 4 members (excludes halogenated alkanes) is 19. The Morgan fingerprint density at radius 1 is 0.567 bits per heavy atom. The van der Waals surface area contributed by atoms with Crippen LogP contribution >= 0.6 is 0 Å². The van der Waals surface area contributed by atoms with Gasteiger partial charge in [0, 0.05) is 12.2 Å². The summed E-state index contributed by atoms with van der Waals surface area (Å²) in [4.78, 5) is 21.4. The summed E-state index contributed by atoms with van der Waals surface area (Å²) in [7, 11) is 0. The number of rotatable bonds is 23. The lowest BCUT2D eigenvalue weighted by Crippen LogP contribution is -2.03. The lowest BCUT2D eigenvalue weighted by molar-refractivity contribution is -0.138. The van der Waals surface area contributed by atoms with Crippen molar-refractivity contribution in [2.24, 2.45) is 0 Å². The average Bonchev–Trinajstić information content (AvgIpc) is 2.73. The first-order valence-corrected chi connectivity index (χ1v) is 12.7. The van der Waals surface area contributed by atoms with Crippen LogP contribution in [0.1, 0.15) is 135 Å². The van der Waals surface area contributed by atoms with Gasteiger partial charge in [-0.3, -0.25) is 0 Å². The number of carbonyl (C=O) groups excluding carboxylic acids is 1. The molecule has 0 spiro atoms. The minimum atomic E-state index is -1.13. The van der Waals surface area contributed by atoms with Gasteiger partial charge in [0.15, 0.2) is 0 Å². The third-order valence-electron chi connectivity index (χ3n) is 5.60. The number of esters is 1. The Hall–Kier alpha value is -1.32. The van der Waals surface area contributed by atoms with Gasteiger partial charge in [-0.25, -0.2) is 9.59 Å². The van der Waals surface area contributed by atoms with Crippen LogP contribution in [0, 0.1) is 0 Å². The SMILES string of the molecule is CCCCCCCCCCCCCCCCCCCCCCOC(=O)/C=C/C(=O)O. The molecule has 0 unspecified atom stereocenters. The zero-order valence-corrected chi connectivity index (χ0v) is 19.7. The summed E-state index contributed by atoms with van der Waals surface area (Å²) >= 11 is 0. The van der Waals surface area contributed by atoms with E-state index in [1.54, 1.807) is 0 Å². The highest BCUT2D eigenvalue weighted by Crippen LogP contribution is 2.14. The molecule has 0 amide bonds. The second kappa shape index (κ2) is 24.0. The summed E-state index contributed by atoms with van der Waals surface area (Å²) in [6.07, 6.45) is 28.6. The Morgan fingerprint density at radius 2 is 0.900 bits per heavy atom. The highest BCUT2D eigenvalue weighted by molar-refractivity contribution is 5.90. The number of carboxylic acids is 1. The smallest absolute Gasteiger partial charge is 0.331 e. The summed E-state index contributed by atoms with van der Waals surface area (Å²) in [5.74, 6) is -1.71. The molecular weight excluding hydrogens is 376 g/mol. The van der Waals surface area contributed by atoms with Crippen LogP contribution in [0.5, 0.6) is 0 Å². The molecular formula is C26H48O4. The van der Waals surface area contributed by atoms with E-state index in [1.807, 2.05) is 0 Å². The van der Waals surface area contributed by atoms with Crippen molar-refractivity contribution in [3.8, 4) is 0 Å². The number of hydrogen-bond acceptors (Lipinski definition) is 3. The van der Waals surface area contributed by atoms with Crippen molar-refractivity contribution in [1.82, 2.24) is 0 Å². The molecule has 176 valence electrons. The first kappa shape index (κ1) is 28.7. The third-order valence-corrected chi connectivity index (χ3v) is 5.60. The molecule has 30 heavy (non-hydrogen) atoms. The first-order valence-electron chi connectivity index (χ1n) is 12.7. The molecule has 0 radical (unpaired) electrons. The van der Waals surface area contributed by atoms with Crippen LogP contribution < -0.4 is 0 Å². The van der Waals surface area contributed by atoms with Crippen LogP contribution in [0.15, 0.2) is 12.2 Å². The molecule has 0 aliphatic heterocycles. The van der Waals surface area contributed by atoms with Gasteiger partial charge >= 0.3 is 11.9 Å². The molecule has 0 aliphatic carbocycles. The van der Waals surface area contributed by atoms with Crippen LogP contribution in [0.4, 0.5) is 0 Å². The fraction of sp³-hybridized carbons (Fsp3) is 0.846. The molecule has 0 aliphatic rings. The minimum absolute atomic E-state index is 0.377. The number of carboxylic acid groups (broad SMARTS) is 1. The zero-order valence-electron chi connectivity index (χ0n) is 19.7. The van der Waals surface area contributed by atoms with Crippen molar-refractivity contribution >= 4 is 11.9 Å². The molecule has 0 rings (SSSR count). The Morgan fingerprint density at radius 3 is 1.23 bits per heavy atom. The average molecular weight is 425 g/mol. The van der Waals surface area contributed by atoms with Crippen LogP contribution in [0.2, 0.25) is 0 Å². The lowest BCUT2D eigenvalue weighted by atomic mass is 10.0. The van der Waals surface area contributed by atoms with Crippen molar-refractivity contribution in [3.63, 3.8) is 0 Å². The third kappa shape index (κ3) is 24.7. The van der Waals surface area contributed by atoms with Crippen LogP contribution in [0.3, 0.4) is 0 Å². The summed E-state index contributed by atoms with van der Waals surface area (Å²) in [5.41, 5.74) is 0. The fourth-order valence-corrected chi connectivity index (χ4v) is 3.72. The molecule has 0 heterocycles. The van der Waals surface area contributed by atoms with Crippen LogP contribution in [-0.4, -0.2) is 23.7 Å². The maximum absolute atomic E-state index is 11.2. The molecule has 0 aromatic heterocycles. The van der Waals surface area contributed by atoms with E-state index in [4.69, 9.17) is 9.84 Å². The van der Waals surface area contributed by atoms with E-state index in [0.717, 1.165) is 25.0 Å². The maximum atomic E-state index is 11.2. The molecule has 0 bridgehead atoms. The predicted octanol–water partition coefficient (Wildman–Crippen LogP) is 7.99. The molecule has 0 fully saturated rings. The van der Waals surface area contributed by atoms with Crippen molar-refractivity contribution < 1.29 is 19.4 Å². The summed E-state index contributed by atoms with van der Waals surface area (Å²) in [6, 6.07) is 0. The fourth-order valence-electron chi connectivity index (χ4n) is 3.72. The molecule has 0 atom stereocenters. The Labute approximate surface area is 185 Å². The van der Waals surface area contributed by atoms with Gasteiger partial charge in [-0.1, -0.05) is 129 Å². The Bertz CT molecular complexity index is 417. The van der Waals surface area contributed by atoms with Gasteiger partial charge in [-0.15, -0.1) is 0 Å². The van der Waals surface area contributed by atoms with Gasteiger partial charge in [-0.2, -0.15) is 0 Å². The maximum Gasteiger partial charge on any atom is 0.331 e. The van der Waals surface area contributed by atoms with E-state index in [0.29, 0.717) is 6.61 Å². The van der Waals surface area contributed by atoms with E-state index >= 15 is 0 Å². The highest BCUT2D eigenvalue weighted by atomic mass is 16.5. The van der Waals surface area contributed by atoms with Crippen molar-refractivity contribution in [1.29, 1.82) is 0 Å². The van der Waals surface area contributed by atoms with Crippen molar-refractivity contribution in [2.75, 3.05) is 6.61 Å². The standard InChI is InChI=1S/C26H48O4/c1-2-3-4-5-6-7-8-9-10-11-12-13-14-15-16-17-18-19-20-21-24-30-26(29)23-22-25(27)28/h22-23H,2-21,24H2,1H3,(H,27,28)/b23-22+. The van der Waals surface area contributed by atoms with E-state index in [2.05, 4.69) is 6.92 Å². The first-order chi connectivity index (χ1) is 14.7. The molecule has 4 nitrogen and oxygen atoms in total. The summed E-state index contributed by atoms with van der Waals surface area (Å²) in [6.45, 7) is 2.66. The number of ether oxygens (including phenoxy) is 1. The Balaban J connectivity index is 3.11. The molecule has 1 N–H and O–H groups in total. The van der Waals surface area contributed by atoms with E-state index in [9.17, 15) is 9.59 Å². The second-order valence-electron chi connectivity index (χ2n) is 8.56. The Kier molecular flexibility index (Phi) is 22.9. The minimum Gasteiger partial charge on any atom is -0.478 e. The topological polar surface area (TPSA) is 63.6 Å². The molecule has 4 heteroatoms. The summed E-state index contributed by atoms with van der Waals surface area (Å²) in [5, 5.41) is 8.41. The molecule has 0 aromatic carbocycles. The number of carbonyl (C=O) groups is 2. The molecule has 0 saturated heterocycles. The van der Waals surface area contributed by atoms with Crippen molar-refractivity contribution in [3.05, 3.63) is 12.2 Å². The molecule has 0 saturated carbocycles. The second-order valence-corrected chi connectivity index (χ2v) is 8.56. The normalized spacial score (nSPS) is 11.2. The van der Waals surface area contributed by atoms with Gasteiger partial charge in [0.25, 0.3) is 0 Å². The van der Waals surface area contributed by atoms with Crippen LogP contribution in [0.25, 0.3) is 0 Å². The molecule has 0 aromatic rings. The predicted molar refractivity (Wildman–Crippen MR) is 126 cm³/mol. The van der Waals surface area contributed by atoms with Gasteiger partial charge in [-0.05, 0) is 6.42 Å². The zero-order chi connectivity index (χ0) is 22.1. The largest absolute Gasteiger partial charge is 0.478 e. The highest BCUT2D eigenvalue weighted by Gasteiger charge is 1.99. The monoisotopic (exact) mass is 424 g/mol. The van der Waals surface area contributed by atoms with E-state index < -0.39 is 11.9 Å². The number of aliphatic carboxylic acids is 1. The van der Waals surface area contributed by atoms with Gasteiger partial charge in [0.1, 0.15) is 0 Å². The van der Waals surface area contributed by atoms with Gasteiger partial charge in [0.2, 0.25) is 0 Å². The van der Waals surface area contributed by atoms with Gasteiger partial charge in [0.05, 0.1) is 6.61 Å².